The van der Waals surface area contributed by atoms with Crippen molar-refractivity contribution in [2.24, 2.45) is 17.3 Å². The summed E-state index contributed by atoms with van der Waals surface area (Å²) >= 11 is 0. The van der Waals surface area contributed by atoms with E-state index in [9.17, 15) is 15.0 Å². The van der Waals surface area contributed by atoms with Crippen LogP contribution >= 0.6 is 0 Å². The number of ether oxygens (including phenoxy) is 1. The highest BCUT2D eigenvalue weighted by atomic mass is 16.5. The molecule has 0 amide bonds. The molecule has 3 atom stereocenters. The zero-order valence-electron chi connectivity index (χ0n) is 12.1. The van der Waals surface area contributed by atoms with E-state index in [4.69, 9.17) is 4.74 Å². The molecule has 0 aromatic rings. The van der Waals surface area contributed by atoms with Crippen LogP contribution in [0.4, 0.5) is 0 Å². The summed E-state index contributed by atoms with van der Waals surface area (Å²) in [7, 11) is 0. The largest absolute Gasteiger partial charge is 0.481 e. The molecule has 0 bridgehead atoms. The molecule has 3 fully saturated rings. The van der Waals surface area contributed by atoms with E-state index in [1.54, 1.807) is 0 Å². The number of rotatable bonds is 6. The zero-order chi connectivity index (χ0) is 14.2. The van der Waals surface area contributed by atoms with Crippen molar-refractivity contribution in [1.82, 2.24) is 0 Å². The molecule has 20 heavy (non-hydrogen) atoms. The van der Waals surface area contributed by atoms with Gasteiger partial charge in [0, 0.05) is 6.61 Å². The monoisotopic (exact) mass is 282 g/mol. The van der Waals surface area contributed by atoms with Gasteiger partial charge in [-0.15, -0.1) is 0 Å². The number of aliphatic carboxylic acids is 1. The van der Waals surface area contributed by atoms with Gasteiger partial charge >= 0.3 is 5.97 Å². The Hall–Kier alpha value is -0.610. The molecule has 0 aromatic carbocycles. The highest BCUT2D eigenvalue weighted by Crippen LogP contribution is 2.50. The number of hydrogen-bond acceptors (Lipinski definition) is 3. The van der Waals surface area contributed by atoms with Crippen LogP contribution in [0, 0.1) is 17.3 Å². The van der Waals surface area contributed by atoms with E-state index in [1.165, 1.54) is 25.7 Å². The highest BCUT2D eigenvalue weighted by molar-refractivity contribution is 5.76. The Kier molecular flexibility index (Phi) is 4.04. The van der Waals surface area contributed by atoms with E-state index < -0.39 is 17.5 Å². The smallest absolute Gasteiger partial charge is 0.312 e. The molecule has 2 N–H and O–H groups in total. The third-order valence-corrected chi connectivity index (χ3v) is 5.55. The molecule has 1 saturated heterocycles. The third-order valence-electron chi connectivity index (χ3n) is 5.55. The van der Waals surface area contributed by atoms with Crippen LogP contribution in [0.5, 0.6) is 0 Å². The van der Waals surface area contributed by atoms with E-state index in [1.807, 2.05) is 0 Å². The minimum Gasteiger partial charge on any atom is -0.481 e. The number of aliphatic hydroxyl groups excluding tert-OH is 1. The molecule has 3 unspecified atom stereocenters. The Morgan fingerprint density at radius 2 is 1.95 bits per heavy atom. The fourth-order valence-corrected chi connectivity index (χ4v) is 4.32. The minimum absolute atomic E-state index is 0.168. The van der Waals surface area contributed by atoms with Crippen LogP contribution in [-0.2, 0) is 9.53 Å². The van der Waals surface area contributed by atoms with E-state index in [0.29, 0.717) is 31.3 Å². The first-order valence-electron chi connectivity index (χ1n) is 8.15. The van der Waals surface area contributed by atoms with Gasteiger partial charge in [0.25, 0.3) is 0 Å². The molecule has 3 aliphatic rings. The standard InChI is InChI=1S/C16H26O4/c17-13(9-11-3-1-2-4-11)10-16(15(18)19)7-8-20-14(16)12-5-6-12/h11-14,17H,1-10H2,(H,18,19). The van der Waals surface area contributed by atoms with Gasteiger partial charge in [0.05, 0.1) is 17.6 Å². The van der Waals surface area contributed by atoms with Crippen molar-refractivity contribution in [3.05, 3.63) is 0 Å². The number of carboxylic acid groups (broad SMARTS) is 1. The fourth-order valence-electron chi connectivity index (χ4n) is 4.32. The van der Waals surface area contributed by atoms with E-state index >= 15 is 0 Å². The maximum atomic E-state index is 11.8. The lowest BCUT2D eigenvalue weighted by Gasteiger charge is -2.32. The number of carbonyl (C=O) groups is 1. The third kappa shape index (κ3) is 2.73. The van der Waals surface area contributed by atoms with Gasteiger partial charge in [-0.3, -0.25) is 4.79 Å². The molecule has 2 aliphatic carbocycles. The van der Waals surface area contributed by atoms with Crippen LogP contribution in [0.3, 0.4) is 0 Å². The van der Waals surface area contributed by atoms with Crippen molar-refractivity contribution in [3.63, 3.8) is 0 Å². The Balaban J connectivity index is 1.65. The van der Waals surface area contributed by atoms with E-state index in [0.717, 1.165) is 19.3 Å². The van der Waals surface area contributed by atoms with Gasteiger partial charge in [-0.05, 0) is 43.9 Å². The summed E-state index contributed by atoms with van der Waals surface area (Å²) in [6, 6.07) is 0. The Labute approximate surface area is 120 Å². The van der Waals surface area contributed by atoms with Gasteiger partial charge in [0.1, 0.15) is 0 Å². The second kappa shape index (κ2) is 5.64. The molecule has 0 radical (unpaired) electrons. The molecule has 3 rings (SSSR count). The van der Waals surface area contributed by atoms with Gasteiger partial charge in [0.15, 0.2) is 0 Å². The fraction of sp³-hybridized carbons (Fsp3) is 0.938. The maximum absolute atomic E-state index is 11.8. The topological polar surface area (TPSA) is 66.8 Å². The minimum atomic E-state index is -0.834. The molecule has 4 heteroatoms. The average molecular weight is 282 g/mol. The molecule has 1 aliphatic heterocycles. The van der Waals surface area contributed by atoms with E-state index in [-0.39, 0.29) is 6.10 Å². The predicted molar refractivity (Wildman–Crippen MR) is 74.3 cm³/mol. The summed E-state index contributed by atoms with van der Waals surface area (Å²) in [5, 5.41) is 20.1. The molecule has 114 valence electrons. The van der Waals surface area contributed by atoms with Gasteiger partial charge in [0.2, 0.25) is 0 Å². The number of carboxylic acids is 1. The summed E-state index contributed by atoms with van der Waals surface area (Å²) in [5.41, 5.74) is -0.834. The first kappa shape index (κ1) is 14.3. The first-order chi connectivity index (χ1) is 9.62. The average Bonchev–Trinajstić information content (AvgIpc) is 2.94. The second-order valence-electron chi connectivity index (χ2n) is 7.08. The Bertz CT molecular complexity index is 359. The molecule has 4 nitrogen and oxygen atoms in total. The molecular weight excluding hydrogens is 256 g/mol. The molecular formula is C16H26O4. The summed E-state index contributed by atoms with van der Waals surface area (Å²) in [6.07, 6.45) is 8.12. The van der Waals surface area contributed by atoms with Crippen LogP contribution in [-0.4, -0.2) is 35.0 Å². The van der Waals surface area contributed by atoms with Gasteiger partial charge in [-0.25, -0.2) is 0 Å². The van der Waals surface area contributed by atoms with Crippen molar-refractivity contribution in [2.45, 2.75) is 70.0 Å². The number of hydrogen-bond donors (Lipinski definition) is 2. The summed E-state index contributed by atoms with van der Waals surface area (Å²) < 4.78 is 5.73. The van der Waals surface area contributed by atoms with Crippen molar-refractivity contribution in [1.29, 1.82) is 0 Å². The van der Waals surface area contributed by atoms with Crippen molar-refractivity contribution in [3.8, 4) is 0 Å². The van der Waals surface area contributed by atoms with Crippen LogP contribution < -0.4 is 0 Å². The van der Waals surface area contributed by atoms with Gasteiger partial charge in [-0.1, -0.05) is 25.7 Å². The lowest BCUT2D eigenvalue weighted by atomic mass is 9.73. The second-order valence-corrected chi connectivity index (χ2v) is 7.08. The van der Waals surface area contributed by atoms with Crippen molar-refractivity contribution < 1.29 is 19.7 Å². The molecule has 1 heterocycles. The number of aliphatic hydroxyl groups is 1. The van der Waals surface area contributed by atoms with Crippen LogP contribution in [0.2, 0.25) is 0 Å². The van der Waals surface area contributed by atoms with E-state index in [2.05, 4.69) is 0 Å². The summed E-state index contributed by atoms with van der Waals surface area (Å²) in [5.74, 6) is 0.238. The molecule has 0 spiro atoms. The maximum Gasteiger partial charge on any atom is 0.312 e. The van der Waals surface area contributed by atoms with Crippen molar-refractivity contribution in [2.75, 3.05) is 6.61 Å². The zero-order valence-corrected chi connectivity index (χ0v) is 12.1. The van der Waals surface area contributed by atoms with Gasteiger partial charge in [-0.2, -0.15) is 0 Å². The van der Waals surface area contributed by atoms with Crippen molar-refractivity contribution >= 4 is 5.97 Å². The summed E-state index contributed by atoms with van der Waals surface area (Å²) in [4.78, 5) is 11.8. The van der Waals surface area contributed by atoms with Crippen LogP contribution in [0.1, 0.15) is 57.8 Å². The Morgan fingerprint density at radius 1 is 1.25 bits per heavy atom. The Morgan fingerprint density at radius 3 is 2.55 bits per heavy atom. The normalized spacial score (nSPS) is 36.4. The first-order valence-corrected chi connectivity index (χ1v) is 8.15. The predicted octanol–water partition coefficient (Wildman–Crippen LogP) is 2.59. The highest BCUT2D eigenvalue weighted by Gasteiger charge is 2.56. The van der Waals surface area contributed by atoms with Crippen LogP contribution in [0.25, 0.3) is 0 Å². The van der Waals surface area contributed by atoms with Gasteiger partial charge < -0.3 is 14.9 Å². The summed E-state index contributed by atoms with van der Waals surface area (Å²) in [6.45, 7) is 0.531. The SMILES string of the molecule is O=C(O)C1(CC(O)CC2CCCC2)CCOC1C1CC1. The lowest BCUT2D eigenvalue weighted by Crippen LogP contribution is -2.43. The van der Waals surface area contributed by atoms with Crippen LogP contribution in [0.15, 0.2) is 0 Å². The quantitative estimate of drug-likeness (QED) is 0.786. The molecule has 0 aromatic heterocycles. The lowest BCUT2D eigenvalue weighted by molar-refractivity contribution is -0.156. The molecule has 2 saturated carbocycles.